The third-order valence-electron chi connectivity index (χ3n) is 21.7. The number of para-hydroxylation sites is 3. The van der Waals surface area contributed by atoms with Crippen molar-refractivity contribution in [2.24, 2.45) is 0 Å². The van der Waals surface area contributed by atoms with E-state index in [1.165, 1.54) is 95.6 Å². The summed E-state index contributed by atoms with van der Waals surface area (Å²) in [5.41, 5.74) is -6.87. The third kappa shape index (κ3) is 30.0. The zero-order valence-corrected chi connectivity index (χ0v) is 82.6. The maximum absolute atomic E-state index is 16.8. The number of ether oxygens (including phenoxy) is 6. The quantitative estimate of drug-likeness (QED) is 0.00543. The molecule has 0 aromatic heterocycles. The van der Waals surface area contributed by atoms with E-state index in [-0.39, 0.29) is 57.1 Å². The standard InChI is InChI=1S/C29H44FN2O9PSi.C23H30FN2O9P.C18H21N2O7P.C17H28FNO5Si/c1-19(2)38-26(35)20(3)31-42(36,40-22-13-11-10-12-14-22)37-18-23-25(41-43(8,9)28(4,5)6)29(7,30)27(39-23)32-16-15-21(33)17-24(32)34;1-14(2)33-21(30)15(3)25-36(31,35-17-8-6-5-7-9-17)32-13-18-20(29)23(4,24)22(34-18)26-11-10-16(27)12-19(26)28;1-13(2)25-18(21)14(3)19-28(24,26-16-7-5-4-6-8-16)27-17-11-9-15(10-12-17)20(22)23;1-16(2,3)25(5,6)24-14-12(10-20)23-15(17(14,4)18)19-8-7-11(21)9-13(19)22/h10-16,19-20,23,25,27H,17-18H2,1-9H3,(H,31,36);5-11,14-15,18,20,22,29H,12-13H2,1-4H3,(H,25,31);4-14H,1-3H3,(H,19,24);7-8,12,14-15,20H,9-10H2,1-6H3/t20-,23+,25+,27+,29+,42-;15-,18+,20+,22+,23+,36-;14-,28?;12-,14-,15-,17-/m0001/s1. The minimum atomic E-state index is -4.31. The van der Waals surface area contributed by atoms with Gasteiger partial charge in [0.15, 0.2) is 69.7 Å². The van der Waals surface area contributed by atoms with E-state index in [9.17, 15) is 77.2 Å². The number of nitro benzene ring substituents is 1. The van der Waals surface area contributed by atoms with E-state index in [1.807, 2.05) is 67.7 Å². The summed E-state index contributed by atoms with van der Waals surface area (Å²) in [4.78, 5) is 122. The summed E-state index contributed by atoms with van der Waals surface area (Å²) >= 11 is 0. The molecule has 0 saturated carbocycles. The zero-order valence-electron chi connectivity index (χ0n) is 77.9. The molecule has 5 N–H and O–H groups in total. The van der Waals surface area contributed by atoms with Crippen molar-refractivity contribution < 1.29 is 150 Å². The number of esters is 3. The number of aliphatic hydroxyl groups excluding tert-OH is 2. The van der Waals surface area contributed by atoms with E-state index >= 15 is 13.2 Å². The highest BCUT2D eigenvalue weighted by Crippen LogP contribution is 2.53. The number of non-ortho nitro benzene ring substituents is 1. The van der Waals surface area contributed by atoms with Gasteiger partial charge >= 0.3 is 41.1 Å². The van der Waals surface area contributed by atoms with Gasteiger partial charge < -0.3 is 65.6 Å². The van der Waals surface area contributed by atoms with Gasteiger partial charge in [0.1, 0.15) is 77.7 Å². The molecule has 4 aromatic carbocycles. The molecule has 4 aromatic rings. The number of benzene rings is 4. The highest BCUT2D eigenvalue weighted by Gasteiger charge is 2.63. The number of rotatable bonds is 35. The first-order valence-electron chi connectivity index (χ1n) is 42.5. The number of allylic oxidation sites excluding steroid dienone is 3. The van der Waals surface area contributed by atoms with Gasteiger partial charge in [-0.15, -0.1) is 0 Å². The van der Waals surface area contributed by atoms with Crippen molar-refractivity contribution in [2.75, 3.05) is 19.8 Å². The second kappa shape index (κ2) is 45.5. The van der Waals surface area contributed by atoms with Gasteiger partial charge in [-0.3, -0.25) is 77.0 Å². The van der Waals surface area contributed by atoms with Crippen LogP contribution in [0.25, 0.3) is 0 Å². The second-order valence-electron chi connectivity index (χ2n) is 36.2. The Balaban J connectivity index is 0.000000246. The first-order valence-corrected chi connectivity index (χ1v) is 53.0. The van der Waals surface area contributed by atoms with Crippen LogP contribution in [0, 0.1) is 10.1 Å². The molecule has 0 spiro atoms. The Labute approximate surface area is 768 Å². The monoisotopic (exact) mass is 1950 g/mol. The minimum Gasteiger partial charge on any atom is -0.462 e. The largest absolute Gasteiger partial charge is 0.513 e. The van der Waals surface area contributed by atoms with Crippen molar-refractivity contribution in [1.29, 1.82) is 0 Å². The molecule has 132 heavy (non-hydrogen) atoms. The lowest BCUT2D eigenvalue weighted by molar-refractivity contribution is -0.384. The summed E-state index contributed by atoms with van der Waals surface area (Å²) in [6.07, 6.45) is -6.95. The maximum Gasteiger partial charge on any atom is 0.513 e. The fourth-order valence-corrected chi connectivity index (χ4v) is 20.0. The SMILES string of the molecule is CC(C)(C)[Si](C)(C)O[C@@H]1[C@@H](CO)O[C@@H](N2C=CC(=O)CC2=O)[C@]1(C)F.CC(C)OC(=O)[C@H](C)NP(=O)(Oc1ccccc1)Oc1ccc([N+](=O)[O-])cc1.CC(C)OC(=O)[C@H](C)N[P@](=O)(OC[C@H]1O[C@@H](N2C=CC(=O)CC2=O)[C@](C)(F)[C@@H]1O)Oc1ccccc1.CC(C)OC(=O)[C@H](C)N[P@](=O)(OC[C@H]1O[C@@H](N2C=CC(=O)CC2=O)[C@](C)(F)[C@@H]1O[Si](C)(C)C(C)(C)C)Oc1ccccc1. The molecule has 1 unspecified atom stereocenters. The van der Waals surface area contributed by atoms with Crippen LogP contribution in [-0.2, 0) is 103 Å². The van der Waals surface area contributed by atoms with Crippen LogP contribution in [0.1, 0.15) is 144 Å². The number of nitrogens with zero attached hydrogens (tertiary/aromatic N) is 4. The van der Waals surface area contributed by atoms with E-state index in [0.717, 1.165) is 33.9 Å². The van der Waals surface area contributed by atoms with Crippen molar-refractivity contribution >= 4 is 98.5 Å². The van der Waals surface area contributed by atoms with Gasteiger partial charge in [0.25, 0.3) is 5.69 Å². The number of hydrogen-bond donors (Lipinski definition) is 5. The molecule has 45 heteroatoms. The number of halogens is 3. The van der Waals surface area contributed by atoms with Gasteiger partial charge in [-0.2, -0.15) is 15.3 Å². The Hall–Kier alpha value is -9.04. The molecule has 3 amide bonds. The lowest BCUT2D eigenvalue weighted by Gasteiger charge is -2.42. The maximum atomic E-state index is 16.8. The number of carbonyl (C=O) groups is 9. The number of carbonyl (C=O) groups excluding carboxylic acids is 9. The Morgan fingerprint density at radius 3 is 1.06 bits per heavy atom. The van der Waals surface area contributed by atoms with Gasteiger partial charge in [0, 0.05) is 30.7 Å². The molecule has 18 atom stereocenters. The third-order valence-corrected chi connectivity index (χ3v) is 35.5. The topological polar surface area (TPSA) is 463 Å². The normalized spacial score (nSPS) is 26.0. The van der Waals surface area contributed by atoms with Gasteiger partial charge in [-0.1, -0.05) is 96.1 Å². The molecule has 6 heterocycles. The second-order valence-corrected chi connectivity index (χ2v) is 50.7. The summed E-state index contributed by atoms with van der Waals surface area (Å²) < 4.78 is 168. The predicted molar refractivity (Wildman–Crippen MR) is 480 cm³/mol. The Morgan fingerprint density at radius 2 is 0.758 bits per heavy atom. The van der Waals surface area contributed by atoms with E-state index in [2.05, 4.69) is 15.3 Å². The average molecular weight is 1950 g/mol. The molecule has 37 nitrogen and oxygen atoms in total. The van der Waals surface area contributed by atoms with Crippen molar-refractivity contribution in [2.45, 2.75) is 289 Å². The molecule has 3 saturated heterocycles. The number of hydrogen-bond acceptors (Lipinski definition) is 30. The molecule has 0 aliphatic carbocycles. The van der Waals surface area contributed by atoms with Crippen molar-refractivity contribution in [3.05, 3.63) is 162 Å². The lowest BCUT2D eigenvalue weighted by atomic mass is 9.97. The van der Waals surface area contributed by atoms with Crippen LogP contribution in [0.4, 0.5) is 18.9 Å². The fourth-order valence-electron chi connectivity index (χ4n) is 12.8. The van der Waals surface area contributed by atoms with Crippen LogP contribution in [0.2, 0.25) is 36.3 Å². The van der Waals surface area contributed by atoms with Crippen LogP contribution in [0.3, 0.4) is 0 Å². The van der Waals surface area contributed by atoms with Gasteiger partial charge in [-0.25, -0.2) is 26.9 Å². The summed E-state index contributed by atoms with van der Waals surface area (Å²) in [7, 11) is -17.6. The summed E-state index contributed by atoms with van der Waals surface area (Å²) in [5.74, 6) is -4.32. The first-order chi connectivity index (χ1) is 61.1. The van der Waals surface area contributed by atoms with Crippen molar-refractivity contribution in [1.82, 2.24) is 30.0 Å². The first kappa shape index (κ1) is 110. The van der Waals surface area contributed by atoms with Crippen LogP contribution < -0.4 is 33.4 Å². The lowest BCUT2D eigenvalue weighted by Crippen LogP contribution is -2.56. The highest BCUT2D eigenvalue weighted by atomic mass is 31.2. The molecule has 0 radical (unpaired) electrons. The Kier molecular flexibility index (Phi) is 37.9. The average Bonchev–Trinajstić information content (AvgIpc) is 1.61. The van der Waals surface area contributed by atoms with Crippen LogP contribution in [-0.4, -0.2) is 228 Å². The van der Waals surface area contributed by atoms with E-state index < -0.39 is 227 Å². The molecule has 6 aliphatic rings. The number of nitro groups is 1. The van der Waals surface area contributed by atoms with Crippen molar-refractivity contribution in [3.8, 4) is 23.0 Å². The molecular weight excluding hydrogens is 1830 g/mol. The fraction of sp³-hybridized carbons (Fsp3) is 0.552. The number of ketones is 3. The van der Waals surface area contributed by atoms with E-state index in [1.54, 1.807) is 120 Å². The molecule has 3 fully saturated rings. The number of amides is 3. The summed E-state index contributed by atoms with van der Waals surface area (Å²) in [5, 5.41) is 38.2. The summed E-state index contributed by atoms with van der Waals surface area (Å²) in [6, 6.07) is 26.3. The number of aliphatic hydroxyl groups is 2. The smallest absolute Gasteiger partial charge is 0.462 e. The predicted octanol–water partition coefficient (Wildman–Crippen LogP) is 13.8. The zero-order chi connectivity index (χ0) is 99.0. The molecular formula is C87H123F3N7O30P3Si2. The molecule has 10 rings (SSSR count). The molecule has 0 bridgehead atoms. The Bertz CT molecular complexity index is 4930. The van der Waals surface area contributed by atoms with Crippen LogP contribution in [0.5, 0.6) is 23.0 Å². The van der Waals surface area contributed by atoms with E-state index in [0.29, 0.717) is 0 Å². The van der Waals surface area contributed by atoms with Gasteiger partial charge in [0.2, 0.25) is 17.7 Å². The van der Waals surface area contributed by atoms with Crippen molar-refractivity contribution in [3.63, 3.8) is 0 Å². The number of alkyl halides is 3. The summed E-state index contributed by atoms with van der Waals surface area (Å²) in [6.45, 7) is 36.5. The van der Waals surface area contributed by atoms with Crippen LogP contribution >= 0.6 is 23.2 Å². The van der Waals surface area contributed by atoms with Gasteiger partial charge in [-0.05, 0) is 186 Å². The molecule has 730 valence electrons. The van der Waals surface area contributed by atoms with Crippen LogP contribution in [0.15, 0.2) is 152 Å². The highest BCUT2D eigenvalue weighted by molar-refractivity contribution is 7.53. The molecule has 6 aliphatic heterocycles. The van der Waals surface area contributed by atoms with Gasteiger partial charge in [0.05, 0.1) is 62.3 Å². The number of nitrogens with one attached hydrogen (secondary N) is 3. The Morgan fingerprint density at radius 1 is 0.477 bits per heavy atom. The minimum absolute atomic E-state index is 0.0711. The van der Waals surface area contributed by atoms with E-state index in [4.69, 9.17) is 64.4 Å².